The number of aliphatic carboxylic acids is 1. The van der Waals surface area contributed by atoms with E-state index in [1.165, 1.54) is 14.0 Å². The molecule has 0 saturated heterocycles. The summed E-state index contributed by atoms with van der Waals surface area (Å²) in [6.07, 6.45) is -0.979. The van der Waals surface area contributed by atoms with Crippen LogP contribution >= 0.6 is 0 Å². The van der Waals surface area contributed by atoms with E-state index in [9.17, 15) is 14.4 Å². The zero-order chi connectivity index (χ0) is 24.9. The average Bonchev–Trinajstić information content (AvgIpc) is 3.10. The summed E-state index contributed by atoms with van der Waals surface area (Å²) >= 11 is 0. The van der Waals surface area contributed by atoms with Gasteiger partial charge in [-0.3, -0.25) is 9.59 Å². The van der Waals surface area contributed by atoms with E-state index in [1.54, 1.807) is 0 Å². The van der Waals surface area contributed by atoms with Gasteiger partial charge < -0.3 is 25.2 Å². The van der Waals surface area contributed by atoms with Crippen LogP contribution in [-0.4, -0.2) is 55.0 Å². The van der Waals surface area contributed by atoms with Gasteiger partial charge in [0.25, 0.3) is 0 Å². The number of carboxylic acids is 1. The first-order valence-electron chi connectivity index (χ1n) is 11.3. The van der Waals surface area contributed by atoms with Crippen molar-refractivity contribution in [1.29, 1.82) is 0 Å². The van der Waals surface area contributed by atoms with E-state index >= 15 is 0 Å². The van der Waals surface area contributed by atoms with Gasteiger partial charge in [0.05, 0.1) is 13.0 Å². The lowest BCUT2D eigenvalue weighted by Gasteiger charge is -2.31. The standard InChI is InChI=1S/C26H32N2O6/c1-16(2)22(13-23(29)30)27-24(31)26(3,15-33-4)28-25(32)34-14-21-19-11-7-5-9-17(19)18-10-6-8-12-20(18)21/h5-12,16,21-22H,13-15H2,1-4H3,(H,27,31)(H,28,32)(H,29,30)/t22-,26?/m1/s1. The molecule has 0 heterocycles. The molecular formula is C26H32N2O6. The highest BCUT2D eigenvalue weighted by Gasteiger charge is 2.38. The molecule has 0 bridgehead atoms. The maximum atomic E-state index is 13.0. The van der Waals surface area contributed by atoms with Crippen LogP contribution in [-0.2, 0) is 19.1 Å². The quantitative estimate of drug-likeness (QED) is 0.491. The van der Waals surface area contributed by atoms with E-state index in [0.29, 0.717) is 0 Å². The number of carboxylic acid groups (broad SMARTS) is 1. The molecule has 1 aliphatic rings. The summed E-state index contributed by atoms with van der Waals surface area (Å²) in [5, 5.41) is 14.5. The molecule has 3 rings (SSSR count). The van der Waals surface area contributed by atoms with Crippen molar-refractivity contribution in [1.82, 2.24) is 10.6 Å². The molecule has 1 aliphatic carbocycles. The Morgan fingerprint density at radius 2 is 1.59 bits per heavy atom. The van der Waals surface area contributed by atoms with Crippen LogP contribution in [0.4, 0.5) is 4.79 Å². The number of amides is 2. The summed E-state index contributed by atoms with van der Waals surface area (Å²) in [7, 11) is 1.42. The molecular weight excluding hydrogens is 436 g/mol. The van der Waals surface area contributed by atoms with Crippen molar-refractivity contribution >= 4 is 18.0 Å². The third kappa shape index (κ3) is 5.56. The van der Waals surface area contributed by atoms with Crippen molar-refractivity contribution in [2.75, 3.05) is 20.3 Å². The highest BCUT2D eigenvalue weighted by Crippen LogP contribution is 2.44. The van der Waals surface area contributed by atoms with E-state index in [4.69, 9.17) is 14.6 Å². The molecule has 0 radical (unpaired) electrons. The van der Waals surface area contributed by atoms with Crippen molar-refractivity contribution < 1.29 is 29.0 Å². The van der Waals surface area contributed by atoms with Crippen LogP contribution in [0, 0.1) is 5.92 Å². The molecule has 8 heteroatoms. The summed E-state index contributed by atoms with van der Waals surface area (Å²) in [6, 6.07) is 15.4. The normalized spacial score (nSPS) is 15.1. The van der Waals surface area contributed by atoms with Gasteiger partial charge in [-0.25, -0.2) is 4.79 Å². The van der Waals surface area contributed by atoms with Crippen molar-refractivity contribution in [3.8, 4) is 11.1 Å². The number of rotatable bonds is 10. The number of alkyl carbamates (subject to hydrolysis) is 1. The molecule has 8 nitrogen and oxygen atoms in total. The second-order valence-corrected chi connectivity index (χ2v) is 9.14. The molecule has 0 aromatic heterocycles. The van der Waals surface area contributed by atoms with Crippen molar-refractivity contribution in [2.45, 2.75) is 44.7 Å². The van der Waals surface area contributed by atoms with Gasteiger partial charge in [0.1, 0.15) is 12.1 Å². The minimum absolute atomic E-state index is 0.109. The van der Waals surface area contributed by atoms with Gasteiger partial charge in [-0.05, 0) is 35.1 Å². The van der Waals surface area contributed by atoms with E-state index < -0.39 is 29.6 Å². The van der Waals surface area contributed by atoms with E-state index in [2.05, 4.69) is 22.8 Å². The van der Waals surface area contributed by atoms with Gasteiger partial charge in [0.2, 0.25) is 5.91 Å². The highest BCUT2D eigenvalue weighted by molar-refractivity contribution is 5.90. The predicted molar refractivity (Wildman–Crippen MR) is 128 cm³/mol. The van der Waals surface area contributed by atoms with Gasteiger partial charge in [-0.2, -0.15) is 0 Å². The summed E-state index contributed by atoms with van der Waals surface area (Å²) in [5.41, 5.74) is 2.97. The van der Waals surface area contributed by atoms with Crippen molar-refractivity contribution in [3.05, 3.63) is 59.7 Å². The van der Waals surface area contributed by atoms with E-state index in [-0.39, 0.29) is 31.5 Å². The van der Waals surface area contributed by atoms with Gasteiger partial charge in [0, 0.05) is 19.1 Å². The van der Waals surface area contributed by atoms with Gasteiger partial charge in [-0.1, -0.05) is 62.4 Å². The fraction of sp³-hybridized carbons (Fsp3) is 0.423. The molecule has 34 heavy (non-hydrogen) atoms. The molecule has 1 unspecified atom stereocenters. The number of methoxy groups -OCH3 is 1. The highest BCUT2D eigenvalue weighted by atomic mass is 16.5. The first-order chi connectivity index (χ1) is 16.2. The smallest absolute Gasteiger partial charge is 0.408 e. The molecule has 0 saturated carbocycles. The molecule has 0 aliphatic heterocycles. The Kier molecular flexibility index (Phi) is 7.94. The van der Waals surface area contributed by atoms with Gasteiger partial charge in [-0.15, -0.1) is 0 Å². The monoisotopic (exact) mass is 468 g/mol. The summed E-state index contributed by atoms with van der Waals surface area (Å²) in [6.45, 7) is 5.16. The second kappa shape index (κ2) is 10.7. The van der Waals surface area contributed by atoms with E-state index in [1.807, 2.05) is 50.2 Å². The molecule has 0 fully saturated rings. The number of carbonyl (C=O) groups excluding carboxylic acids is 2. The third-order valence-electron chi connectivity index (χ3n) is 6.17. The first-order valence-corrected chi connectivity index (χ1v) is 11.3. The maximum absolute atomic E-state index is 13.0. The molecule has 182 valence electrons. The Labute approximate surface area is 199 Å². The molecule has 2 amide bonds. The second-order valence-electron chi connectivity index (χ2n) is 9.14. The average molecular weight is 469 g/mol. The van der Waals surface area contributed by atoms with Gasteiger partial charge in [0.15, 0.2) is 0 Å². The predicted octanol–water partition coefficient (Wildman–Crippen LogP) is 3.55. The van der Waals surface area contributed by atoms with Crippen LogP contribution in [0.2, 0.25) is 0 Å². The van der Waals surface area contributed by atoms with Crippen LogP contribution in [0.3, 0.4) is 0 Å². The Balaban J connectivity index is 1.69. The lowest BCUT2D eigenvalue weighted by atomic mass is 9.97. The fourth-order valence-corrected chi connectivity index (χ4v) is 4.28. The SMILES string of the molecule is COCC(C)(NC(=O)OCC1c2ccccc2-c2ccccc21)C(=O)N[C@H](CC(=O)O)C(C)C. The van der Waals surface area contributed by atoms with Gasteiger partial charge >= 0.3 is 12.1 Å². The molecule has 2 aromatic carbocycles. The molecule has 2 atom stereocenters. The zero-order valence-corrected chi connectivity index (χ0v) is 20.0. The van der Waals surface area contributed by atoms with Crippen LogP contribution in [0.1, 0.15) is 44.2 Å². The summed E-state index contributed by atoms with van der Waals surface area (Å²) in [5.74, 6) is -1.78. The molecule has 3 N–H and O–H groups in total. The minimum atomic E-state index is -1.44. The number of ether oxygens (including phenoxy) is 2. The van der Waals surface area contributed by atoms with Crippen LogP contribution < -0.4 is 10.6 Å². The number of fused-ring (bicyclic) bond motifs is 3. The Hall–Kier alpha value is -3.39. The van der Waals surface area contributed by atoms with E-state index in [0.717, 1.165) is 22.3 Å². The fourth-order valence-electron chi connectivity index (χ4n) is 4.28. The third-order valence-corrected chi connectivity index (χ3v) is 6.17. The van der Waals surface area contributed by atoms with Crippen molar-refractivity contribution in [3.63, 3.8) is 0 Å². The van der Waals surface area contributed by atoms with Crippen LogP contribution in [0.25, 0.3) is 11.1 Å². The lowest BCUT2D eigenvalue weighted by molar-refractivity contribution is -0.138. The topological polar surface area (TPSA) is 114 Å². The molecule has 0 spiro atoms. The number of hydrogen-bond acceptors (Lipinski definition) is 5. The largest absolute Gasteiger partial charge is 0.481 e. The number of benzene rings is 2. The first kappa shape index (κ1) is 25.2. The number of hydrogen-bond donors (Lipinski definition) is 3. The van der Waals surface area contributed by atoms with Crippen LogP contribution in [0.5, 0.6) is 0 Å². The zero-order valence-electron chi connectivity index (χ0n) is 20.0. The minimum Gasteiger partial charge on any atom is -0.481 e. The van der Waals surface area contributed by atoms with Crippen molar-refractivity contribution in [2.24, 2.45) is 5.92 Å². The Morgan fingerprint density at radius 3 is 2.09 bits per heavy atom. The summed E-state index contributed by atoms with van der Waals surface area (Å²) < 4.78 is 10.7. The van der Waals surface area contributed by atoms with Crippen LogP contribution in [0.15, 0.2) is 48.5 Å². The lowest BCUT2D eigenvalue weighted by Crippen LogP contribution is -2.61. The Morgan fingerprint density at radius 1 is 1.03 bits per heavy atom. The number of nitrogens with one attached hydrogen (secondary N) is 2. The number of carbonyl (C=O) groups is 3. The molecule has 2 aromatic rings. The Bertz CT molecular complexity index is 1010. The maximum Gasteiger partial charge on any atom is 0.408 e. The summed E-state index contributed by atoms with van der Waals surface area (Å²) in [4.78, 5) is 36.9.